The van der Waals surface area contributed by atoms with Crippen LogP contribution < -0.4 is 0 Å². The van der Waals surface area contributed by atoms with E-state index in [0.717, 1.165) is 24.1 Å². The van der Waals surface area contributed by atoms with Crippen LogP contribution in [0.5, 0.6) is 0 Å². The van der Waals surface area contributed by atoms with Gasteiger partial charge in [-0.15, -0.1) is 0 Å². The molecule has 1 aromatic heterocycles. The SMILES string of the molecule is CC(C)(C)[Si](C)(C)OCc1ncc2n1C(=O)N(C1CCN(C(=O)OCc3ccccc3)CC1)C2. The predicted octanol–water partition coefficient (Wildman–Crippen LogP) is 4.99. The molecule has 1 aromatic carbocycles. The molecule has 2 aromatic rings. The maximum atomic E-state index is 13.3. The molecule has 0 N–H and O–H groups in total. The molecule has 1 fully saturated rings. The minimum atomic E-state index is -1.94. The molecule has 0 radical (unpaired) electrons. The van der Waals surface area contributed by atoms with Crippen molar-refractivity contribution < 1.29 is 18.8 Å². The zero-order valence-electron chi connectivity index (χ0n) is 20.9. The Bertz CT molecular complexity index is 1020. The van der Waals surface area contributed by atoms with Gasteiger partial charge < -0.3 is 19.0 Å². The van der Waals surface area contributed by atoms with E-state index in [-0.39, 0.29) is 29.8 Å². The molecule has 3 heterocycles. The lowest BCUT2D eigenvalue weighted by Gasteiger charge is -2.36. The zero-order chi connectivity index (χ0) is 24.5. The van der Waals surface area contributed by atoms with Crippen molar-refractivity contribution in [3.8, 4) is 0 Å². The largest absolute Gasteiger partial charge is 0.445 e. The lowest BCUT2D eigenvalue weighted by atomic mass is 10.0. The fraction of sp³-hybridized carbons (Fsp3) is 0.560. The number of piperidine rings is 1. The highest BCUT2D eigenvalue weighted by Gasteiger charge is 2.40. The normalized spacial score (nSPS) is 17.3. The number of hydrogen-bond donors (Lipinski definition) is 0. The maximum Gasteiger partial charge on any atom is 0.410 e. The number of fused-ring (bicyclic) bond motifs is 1. The third kappa shape index (κ3) is 5.05. The average molecular weight is 485 g/mol. The van der Waals surface area contributed by atoms with Gasteiger partial charge >= 0.3 is 12.1 Å². The molecule has 9 heteroatoms. The van der Waals surface area contributed by atoms with Gasteiger partial charge in [-0.1, -0.05) is 51.1 Å². The van der Waals surface area contributed by atoms with E-state index in [9.17, 15) is 9.59 Å². The Kier molecular flexibility index (Phi) is 6.86. The van der Waals surface area contributed by atoms with Gasteiger partial charge in [0.15, 0.2) is 8.32 Å². The van der Waals surface area contributed by atoms with E-state index in [0.29, 0.717) is 32.1 Å². The minimum absolute atomic E-state index is 0.0357. The molecule has 0 bridgehead atoms. The fourth-order valence-electron chi connectivity index (χ4n) is 4.16. The van der Waals surface area contributed by atoms with E-state index in [1.807, 2.05) is 35.2 Å². The van der Waals surface area contributed by atoms with E-state index in [2.05, 4.69) is 38.8 Å². The van der Waals surface area contributed by atoms with E-state index in [1.54, 1.807) is 15.7 Å². The van der Waals surface area contributed by atoms with E-state index >= 15 is 0 Å². The van der Waals surface area contributed by atoms with E-state index < -0.39 is 8.32 Å². The van der Waals surface area contributed by atoms with Crippen molar-refractivity contribution in [2.45, 2.75) is 77.5 Å². The quantitative estimate of drug-likeness (QED) is 0.540. The van der Waals surface area contributed by atoms with Gasteiger partial charge in [-0.2, -0.15) is 0 Å². The lowest BCUT2D eigenvalue weighted by molar-refractivity contribution is 0.0747. The van der Waals surface area contributed by atoms with E-state index in [4.69, 9.17) is 9.16 Å². The second-order valence-corrected chi connectivity index (χ2v) is 15.5. The first-order valence-corrected chi connectivity index (χ1v) is 14.9. The minimum Gasteiger partial charge on any atom is -0.445 e. The van der Waals surface area contributed by atoms with Crippen molar-refractivity contribution in [1.29, 1.82) is 0 Å². The maximum absolute atomic E-state index is 13.3. The molecule has 0 atom stereocenters. The number of imidazole rings is 1. The van der Waals surface area contributed by atoms with Crippen LogP contribution in [0.1, 0.15) is 50.7 Å². The first-order valence-electron chi connectivity index (χ1n) is 12.0. The predicted molar refractivity (Wildman–Crippen MR) is 132 cm³/mol. The summed E-state index contributed by atoms with van der Waals surface area (Å²) in [6.45, 7) is 13.3. The first-order chi connectivity index (χ1) is 16.1. The summed E-state index contributed by atoms with van der Waals surface area (Å²) in [5.74, 6) is 0.675. The van der Waals surface area contributed by atoms with Gasteiger partial charge in [-0.3, -0.25) is 0 Å². The van der Waals surface area contributed by atoms with Crippen molar-refractivity contribution >= 4 is 20.4 Å². The van der Waals surface area contributed by atoms with Gasteiger partial charge in [0.05, 0.1) is 25.0 Å². The molecule has 0 unspecified atom stereocenters. The summed E-state index contributed by atoms with van der Waals surface area (Å²) in [7, 11) is -1.94. The number of amides is 2. The number of nitrogens with zero attached hydrogens (tertiary/aromatic N) is 4. The molecule has 34 heavy (non-hydrogen) atoms. The third-order valence-electron chi connectivity index (χ3n) is 7.41. The van der Waals surface area contributed by atoms with Crippen LogP contribution in [0.3, 0.4) is 0 Å². The highest BCUT2D eigenvalue weighted by Crippen LogP contribution is 2.37. The second-order valence-electron chi connectivity index (χ2n) is 10.7. The van der Waals surface area contributed by atoms with Gasteiger partial charge in [-0.25, -0.2) is 19.1 Å². The van der Waals surface area contributed by atoms with Crippen LogP contribution >= 0.6 is 0 Å². The van der Waals surface area contributed by atoms with Crippen molar-refractivity contribution in [1.82, 2.24) is 19.4 Å². The van der Waals surface area contributed by atoms with Crippen LogP contribution in [0.2, 0.25) is 18.1 Å². The average Bonchev–Trinajstić information content (AvgIpc) is 3.36. The summed E-state index contributed by atoms with van der Waals surface area (Å²) in [5.41, 5.74) is 1.88. The van der Waals surface area contributed by atoms with Gasteiger partial charge in [0.25, 0.3) is 0 Å². The number of benzene rings is 1. The number of likely N-dealkylation sites (tertiary alicyclic amines) is 1. The topological polar surface area (TPSA) is 76.9 Å². The van der Waals surface area contributed by atoms with Crippen molar-refractivity contribution in [2.75, 3.05) is 13.1 Å². The Hall–Kier alpha value is -2.65. The van der Waals surface area contributed by atoms with Crippen LogP contribution in [0.15, 0.2) is 36.5 Å². The molecule has 0 saturated carbocycles. The van der Waals surface area contributed by atoms with E-state index in [1.165, 1.54) is 0 Å². The number of aromatic nitrogens is 2. The molecule has 2 amide bonds. The van der Waals surface area contributed by atoms with Gasteiger partial charge in [-0.05, 0) is 36.5 Å². The van der Waals surface area contributed by atoms with Crippen LogP contribution in [0.4, 0.5) is 9.59 Å². The van der Waals surface area contributed by atoms with Crippen molar-refractivity contribution in [3.05, 3.63) is 53.6 Å². The molecule has 0 spiro atoms. The summed E-state index contributed by atoms with van der Waals surface area (Å²) in [5, 5.41) is 0.0969. The summed E-state index contributed by atoms with van der Waals surface area (Å²) in [6, 6.07) is 9.73. The highest BCUT2D eigenvalue weighted by molar-refractivity contribution is 6.74. The Morgan fingerprint density at radius 3 is 2.44 bits per heavy atom. The van der Waals surface area contributed by atoms with Crippen LogP contribution in [-0.4, -0.2) is 58.9 Å². The van der Waals surface area contributed by atoms with Crippen molar-refractivity contribution in [3.63, 3.8) is 0 Å². The van der Waals surface area contributed by atoms with Gasteiger partial charge in [0.1, 0.15) is 12.4 Å². The summed E-state index contributed by atoms with van der Waals surface area (Å²) in [4.78, 5) is 33.9. The van der Waals surface area contributed by atoms with Gasteiger partial charge in [0.2, 0.25) is 0 Å². The zero-order valence-corrected chi connectivity index (χ0v) is 21.9. The highest BCUT2D eigenvalue weighted by atomic mass is 28.4. The number of carbonyl (C=O) groups is 2. The molecule has 4 rings (SSSR count). The van der Waals surface area contributed by atoms with Crippen LogP contribution in [-0.2, 0) is 28.9 Å². The molecular formula is C25H36N4O4Si. The Morgan fingerprint density at radius 1 is 1.12 bits per heavy atom. The molecule has 1 saturated heterocycles. The second kappa shape index (κ2) is 9.54. The summed E-state index contributed by atoms with van der Waals surface area (Å²) >= 11 is 0. The molecule has 8 nitrogen and oxygen atoms in total. The number of ether oxygens (including phenoxy) is 1. The third-order valence-corrected chi connectivity index (χ3v) is 11.9. The first kappa shape index (κ1) is 24.5. The fourth-order valence-corrected chi connectivity index (χ4v) is 5.09. The van der Waals surface area contributed by atoms with Crippen LogP contribution in [0, 0.1) is 0 Å². The standard InChI is InChI=1S/C25H36N4O4Si/c1-25(2,3)34(4,5)33-18-22-26-15-21-16-28(23(30)29(21)22)20-11-13-27(14-12-20)24(31)32-17-19-9-7-6-8-10-19/h6-10,15,20H,11-14,16-18H2,1-5H3. The molecule has 2 aliphatic rings. The smallest absolute Gasteiger partial charge is 0.410 e. The summed E-state index contributed by atoms with van der Waals surface area (Å²) in [6.07, 6.45) is 2.97. The number of hydrogen-bond acceptors (Lipinski definition) is 5. The molecule has 2 aliphatic heterocycles. The van der Waals surface area contributed by atoms with Crippen LogP contribution in [0.25, 0.3) is 0 Å². The number of carbonyl (C=O) groups excluding carboxylic acids is 2. The Morgan fingerprint density at radius 2 is 1.79 bits per heavy atom. The molecular weight excluding hydrogens is 448 g/mol. The Labute approximate surface area is 203 Å². The molecule has 0 aliphatic carbocycles. The Balaban J connectivity index is 1.30. The van der Waals surface area contributed by atoms with Gasteiger partial charge in [0, 0.05) is 19.1 Å². The lowest BCUT2D eigenvalue weighted by Crippen LogP contribution is -2.47. The monoisotopic (exact) mass is 484 g/mol. The summed E-state index contributed by atoms with van der Waals surface area (Å²) < 4.78 is 13.5. The number of rotatable bonds is 6. The molecule has 184 valence electrons. The van der Waals surface area contributed by atoms with Crippen molar-refractivity contribution in [2.24, 2.45) is 0 Å².